The minimum Gasteiger partial charge on any atom is -0.298 e. The van der Waals surface area contributed by atoms with Crippen molar-refractivity contribution in [3.05, 3.63) is 89.0 Å². The summed E-state index contributed by atoms with van der Waals surface area (Å²) in [6, 6.07) is 23.0. The van der Waals surface area contributed by atoms with E-state index < -0.39 is 0 Å². The summed E-state index contributed by atoms with van der Waals surface area (Å²) in [4.78, 5) is 2.31. The fourth-order valence-electron chi connectivity index (χ4n) is 2.73. The summed E-state index contributed by atoms with van der Waals surface area (Å²) in [6.45, 7) is 1.85. The molecule has 0 spiro atoms. The highest BCUT2D eigenvalue weighted by Gasteiger charge is 2.03. The maximum Gasteiger partial charge on any atom is 0.0406 e. The summed E-state index contributed by atoms with van der Waals surface area (Å²) in [7, 11) is 2.15. The Kier molecular flexibility index (Phi) is 5.12. The first-order chi connectivity index (χ1) is 11.2. The zero-order chi connectivity index (χ0) is 16.1. The minimum absolute atomic E-state index is 0.773. The van der Waals surface area contributed by atoms with Gasteiger partial charge in [-0.05, 0) is 41.1 Å². The zero-order valence-corrected chi connectivity index (χ0v) is 14.0. The second kappa shape index (κ2) is 7.45. The van der Waals surface area contributed by atoms with Crippen LogP contribution < -0.4 is 0 Å². The molecule has 116 valence electrons. The topological polar surface area (TPSA) is 3.24 Å². The van der Waals surface area contributed by atoms with E-state index in [4.69, 9.17) is 11.6 Å². The van der Waals surface area contributed by atoms with E-state index in [0.29, 0.717) is 0 Å². The van der Waals surface area contributed by atoms with Gasteiger partial charge in [-0.2, -0.15) is 0 Å². The number of benzene rings is 3. The lowest BCUT2D eigenvalue weighted by atomic mass is 10.0. The smallest absolute Gasteiger partial charge is 0.0406 e. The molecule has 0 heterocycles. The number of nitrogens with zero attached hydrogens (tertiary/aromatic N) is 1. The van der Waals surface area contributed by atoms with Gasteiger partial charge in [0.1, 0.15) is 0 Å². The standard InChI is InChI=1S/C21H20ClN/c1-23(15-5-6-17-11-13-20(22)14-12-17)16-19-9-4-8-18-7-2-3-10-21(18)19/h2-14H,15-16H2,1H3/b6-5-. The maximum atomic E-state index is 5.90. The monoisotopic (exact) mass is 321 g/mol. The van der Waals surface area contributed by atoms with E-state index in [1.165, 1.54) is 21.9 Å². The molecular formula is C21H20ClN. The molecule has 0 N–H and O–H groups in total. The fraction of sp³-hybridized carbons (Fsp3) is 0.143. The molecule has 23 heavy (non-hydrogen) atoms. The van der Waals surface area contributed by atoms with Crippen molar-refractivity contribution in [2.24, 2.45) is 0 Å². The third kappa shape index (κ3) is 4.22. The molecule has 3 aromatic carbocycles. The van der Waals surface area contributed by atoms with Crippen LogP contribution in [-0.2, 0) is 6.54 Å². The van der Waals surface area contributed by atoms with E-state index in [-0.39, 0.29) is 0 Å². The number of fused-ring (bicyclic) bond motifs is 1. The Morgan fingerprint density at radius 2 is 1.65 bits per heavy atom. The van der Waals surface area contributed by atoms with Gasteiger partial charge >= 0.3 is 0 Å². The normalized spacial score (nSPS) is 11.6. The molecule has 0 aliphatic heterocycles. The molecule has 0 aliphatic rings. The summed E-state index contributed by atoms with van der Waals surface area (Å²) in [5.74, 6) is 0. The van der Waals surface area contributed by atoms with Gasteiger partial charge in [-0.1, -0.05) is 78.4 Å². The quantitative estimate of drug-likeness (QED) is 0.588. The van der Waals surface area contributed by atoms with Crippen LogP contribution in [-0.4, -0.2) is 18.5 Å². The first-order valence-electron chi connectivity index (χ1n) is 7.80. The first kappa shape index (κ1) is 15.8. The van der Waals surface area contributed by atoms with Crippen LogP contribution >= 0.6 is 11.6 Å². The van der Waals surface area contributed by atoms with E-state index in [1.54, 1.807) is 0 Å². The Morgan fingerprint density at radius 1 is 0.913 bits per heavy atom. The van der Waals surface area contributed by atoms with Gasteiger partial charge in [-0.3, -0.25) is 4.90 Å². The average molecular weight is 322 g/mol. The van der Waals surface area contributed by atoms with Crippen molar-refractivity contribution in [2.45, 2.75) is 6.54 Å². The van der Waals surface area contributed by atoms with Crippen LogP contribution in [0.4, 0.5) is 0 Å². The number of hydrogen-bond donors (Lipinski definition) is 0. The molecule has 0 atom stereocenters. The van der Waals surface area contributed by atoms with Crippen molar-refractivity contribution in [1.82, 2.24) is 4.90 Å². The molecule has 0 unspecified atom stereocenters. The highest BCUT2D eigenvalue weighted by molar-refractivity contribution is 6.30. The Bertz CT molecular complexity index is 800. The molecule has 2 heteroatoms. The van der Waals surface area contributed by atoms with E-state index in [1.807, 2.05) is 24.3 Å². The van der Waals surface area contributed by atoms with Crippen molar-refractivity contribution in [1.29, 1.82) is 0 Å². The Morgan fingerprint density at radius 3 is 2.48 bits per heavy atom. The summed E-state index contributed by atoms with van der Waals surface area (Å²) < 4.78 is 0. The van der Waals surface area contributed by atoms with Crippen molar-refractivity contribution < 1.29 is 0 Å². The van der Waals surface area contributed by atoms with E-state index in [2.05, 4.69) is 66.6 Å². The maximum absolute atomic E-state index is 5.90. The molecule has 3 rings (SSSR count). The number of halogens is 1. The van der Waals surface area contributed by atoms with Crippen LogP contribution in [0.15, 0.2) is 72.8 Å². The molecule has 0 bridgehead atoms. The van der Waals surface area contributed by atoms with Gasteiger partial charge in [0.25, 0.3) is 0 Å². The van der Waals surface area contributed by atoms with Crippen molar-refractivity contribution >= 4 is 28.4 Å². The predicted octanol–water partition coefficient (Wildman–Crippen LogP) is 5.64. The van der Waals surface area contributed by atoms with E-state index in [9.17, 15) is 0 Å². The van der Waals surface area contributed by atoms with E-state index >= 15 is 0 Å². The van der Waals surface area contributed by atoms with Gasteiger partial charge in [-0.15, -0.1) is 0 Å². The van der Waals surface area contributed by atoms with Crippen LogP contribution in [0.5, 0.6) is 0 Å². The van der Waals surface area contributed by atoms with Crippen LogP contribution in [0.3, 0.4) is 0 Å². The lowest BCUT2D eigenvalue weighted by molar-refractivity contribution is 0.365. The zero-order valence-electron chi connectivity index (χ0n) is 13.2. The van der Waals surface area contributed by atoms with Crippen LogP contribution in [0.1, 0.15) is 11.1 Å². The Hall–Kier alpha value is -2.09. The molecule has 0 fully saturated rings. The first-order valence-corrected chi connectivity index (χ1v) is 8.17. The van der Waals surface area contributed by atoms with Crippen LogP contribution in [0.2, 0.25) is 5.02 Å². The number of likely N-dealkylation sites (N-methyl/N-ethyl adjacent to an activating group) is 1. The van der Waals surface area contributed by atoms with E-state index in [0.717, 1.165) is 18.1 Å². The second-order valence-electron chi connectivity index (χ2n) is 5.79. The summed E-state index contributed by atoms with van der Waals surface area (Å²) in [5, 5.41) is 3.41. The van der Waals surface area contributed by atoms with Crippen LogP contribution in [0, 0.1) is 0 Å². The minimum atomic E-state index is 0.773. The molecular weight excluding hydrogens is 302 g/mol. The van der Waals surface area contributed by atoms with Gasteiger partial charge in [0.2, 0.25) is 0 Å². The lowest BCUT2D eigenvalue weighted by Crippen LogP contribution is -2.17. The van der Waals surface area contributed by atoms with Crippen LogP contribution in [0.25, 0.3) is 16.8 Å². The number of rotatable bonds is 5. The third-order valence-electron chi connectivity index (χ3n) is 3.92. The van der Waals surface area contributed by atoms with Crippen molar-refractivity contribution in [3.63, 3.8) is 0 Å². The molecule has 0 aromatic heterocycles. The molecule has 0 aliphatic carbocycles. The van der Waals surface area contributed by atoms with Crippen molar-refractivity contribution in [2.75, 3.05) is 13.6 Å². The van der Waals surface area contributed by atoms with Gasteiger partial charge in [0.15, 0.2) is 0 Å². The summed E-state index contributed by atoms with van der Waals surface area (Å²) >= 11 is 5.90. The Balaban J connectivity index is 1.64. The second-order valence-corrected chi connectivity index (χ2v) is 6.23. The third-order valence-corrected chi connectivity index (χ3v) is 4.17. The summed E-state index contributed by atoms with van der Waals surface area (Å²) in [5.41, 5.74) is 2.54. The van der Waals surface area contributed by atoms with Gasteiger partial charge in [-0.25, -0.2) is 0 Å². The largest absolute Gasteiger partial charge is 0.298 e. The van der Waals surface area contributed by atoms with Gasteiger partial charge in [0, 0.05) is 18.1 Å². The average Bonchev–Trinajstić information content (AvgIpc) is 2.57. The molecule has 1 nitrogen and oxygen atoms in total. The summed E-state index contributed by atoms with van der Waals surface area (Å²) in [6.07, 6.45) is 4.32. The highest BCUT2D eigenvalue weighted by atomic mass is 35.5. The highest BCUT2D eigenvalue weighted by Crippen LogP contribution is 2.19. The molecule has 0 saturated heterocycles. The molecule has 3 aromatic rings. The number of hydrogen-bond acceptors (Lipinski definition) is 1. The van der Waals surface area contributed by atoms with Gasteiger partial charge < -0.3 is 0 Å². The lowest BCUT2D eigenvalue weighted by Gasteiger charge is -2.16. The Labute approximate surface area is 142 Å². The SMILES string of the molecule is CN(C/C=C\c1ccc(Cl)cc1)Cc1cccc2ccccc12. The predicted molar refractivity (Wildman–Crippen MR) is 101 cm³/mol. The fourth-order valence-corrected chi connectivity index (χ4v) is 2.85. The molecule has 0 saturated carbocycles. The molecule has 0 radical (unpaired) electrons. The molecule has 0 amide bonds. The van der Waals surface area contributed by atoms with Gasteiger partial charge in [0.05, 0.1) is 0 Å². The van der Waals surface area contributed by atoms with Crippen molar-refractivity contribution in [3.8, 4) is 0 Å².